The van der Waals surface area contributed by atoms with Crippen LogP contribution in [0.4, 0.5) is 4.79 Å². The molecule has 1 aliphatic rings. The Bertz CT molecular complexity index is 976. The van der Waals surface area contributed by atoms with Crippen LogP contribution in [-0.4, -0.2) is 63.0 Å². The molecule has 0 aliphatic heterocycles. The molecule has 0 bridgehead atoms. The summed E-state index contributed by atoms with van der Waals surface area (Å²) in [5.41, 5.74) is 4.27. The van der Waals surface area contributed by atoms with Gasteiger partial charge in [-0.15, -0.1) is 0 Å². The predicted octanol–water partition coefficient (Wildman–Crippen LogP) is 1.87. The smallest absolute Gasteiger partial charge is 0.410 e. The molecule has 0 aromatic heterocycles. The van der Waals surface area contributed by atoms with Gasteiger partial charge in [-0.3, -0.25) is 9.69 Å². The van der Waals surface area contributed by atoms with Crippen molar-refractivity contribution in [3.05, 3.63) is 59.7 Å². The largest absolute Gasteiger partial charge is 0.480 e. The number of carbonyl (C=O) groups is 2. The lowest BCUT2D eigenvalue weighted by molar-refractivity contribution is -0.138. The number of nitrogens with one attached hydrogen (secondary N) is 1. The lowest BCUT2D eigenvalue weighted by Gasteiger charge is -2.22. The van der Waals surface area contributed by atoms with Crippen LogP contribution in [0, 0.1) is 0 Å². The second-order valence-corrected chi connectivity index (χ2v) is 8.62. The number of sulfonamides is 1. The van der Waals surface area contributed by atoms with Gasteiger partial charge in [0.15, 0.2) is 0 Å². The van der Waals surface area contributed by atoms with Gasteiger partial charge in [-0.25, -0.2) is 17.9 Å². The molecule has 2 aromatic carbocycles. The Hall–Kier alpha value is -2.91. The summed E-state index contributed by atoms with van der Waals surface area (Å²) in [5.74, 6) is -1.36. The summed E-state index contributed by atoms with van der Waals surface area (Å²) < 4.78 is 30.0. The van der Waals surface area contributed by atoms with E-state index >= 15 is 0 Å². The third-order valence-corrected chi connectivity index (χ3v) is 5.39. The number of carboxylic acids is 1. The van der Waals surface area contributed by atoms with Crippen molar-refractivity contribution in [2.75, 3.05) is 32.5 Å². The standard InChI is InChI=1S/C20H22N2O6S/c1-29(26,27)21-10-11-22(12-19(23)24)20(25)28-13-18-16-8-4-2-6-14(16)15-7-3-5-9-17(15)18/h2-9,18,21H,10-13H2,1H3,(H,23,24). The Balaban J connectivity index is 1.70. The molecule has 1 amide bonds. The molecule has 0 unspecified atom stereocenters. The van der Waals surface area contributed by atoms with Crippen LogP contribution in [0.1, 0.15) is 17.0 Å². The Morgan fingerprint density at radius 3 is 2.14 bits per heavy atom. The number of hydrogen-bond acceptors (Lipinski definition) is 5. The molecule has 2 N–H and O–H groups in total. The summed E-state index contributed by atoms with van der Waals surface area (Å²) >= 11 is 0. The quantitative estimate of drug-likeness (QED) is 0.677. The van der Waals surface area contributed by atoms with Crippen LogP contribution >= 0.6 is 0 Å². The zero-order chi connectivity index (χ0) is 21.0. The molecular weight excluding hydrogens is 396 g/mol. The first-order valence-electron chi connectivity index (χ1n) is 9.02. The van der Waals surface area contributed by atoms with E-state index in [9.17, 15) is 18.0 Å². The summed E-state index contributed by atoms with van der Waals surface area (Å²) in [5, 5.41) is 9.04. The van der Waals surface area contributed by atoms with Gasteiger partial charge in [-0.2, -0.15) is 0 Å². The molecule has 1 aliphatic carbocycles. The van der Waals surface area contributed by atoms with Crippen molar-refractivity contribution < 1.29 is 27.9 Å². The van der Waals surface area contributed by atoms with Gasteiger partial charge in [0.2, 0.25) is 10.0 Å². The summed E-state index contributed by atoms with van der Waals surface area (Å²) in [6.07, 6.45) is 0.187. The summed E-state index contributed by atoms with van der Waals surface area (Å²) in [7, 11) is -3.44. The molecule has 0 saturated heterocycles. The zero-order valence-electron chi connectivity index (χ0n) is 15.9. The Kier molecular flexibility index (Phi) is 6.19. The fourth-order valence-electron chi connectivity index (χ4n) is 3.45. The topological polar surface area (TPSA) is 113 Å². The first-order valence-corrected chi connectivity index (χ1v) is 10.9. The average molecular weight is 418 g/mol. The molecule has 0 saturated carbocycles. The minimum atomic E-state index is -3.44. The summed E-state index contributed by atoms with van der Waals surface area (Å²) in [6.45, 7) is -0.739. The number of benzene rings is 2. The highest BCUT2D eigenvalue weighted by Gasteiger charge is 2.30. The maximum absolute atomic E-state index is 12.5. The van der Waals surface area contributed by atoms with Gasteiger partial charge >= 0.3 is 12.1 Å². The molecule has 154 valence electrons. The number of rotatable bonds is 8. The number of hydrogen-bond donors (Lipinski definition) is 2. The second-order valence-electron chi connectivity index (χ2n) is 6.79. The van der Waals surface area contributed by atoms with Gasteiger partial charge in [0.05, 0.1) is 6.26 Å². The first-order chi connectivity index (χ1) is 13.8. The number of fused-ring (bicyclic) bond motifs is 3. The lowest BCUT2D eigenvalue weighted by Crippen LogP contribution is -2.41. The van der Waals surface area contributed by atoms with Gasteiger partial charge in [-0.1, -0.05) is 48.5 Å². The van der Waals surface area contributed by atoms with Crippen LogP contribution in [0.5, 0.6) is 0 Å². The maximum atomic E-state index is 12.5. The van der Waals surface area contributed by atoms with E-state index in [1.54, 1.807) is 0 Å². The molecule has 29 heavy (non-hydrogen) atoms. The van der Waals surface area contributed by atoms with Crippen molar-refractivity contribution in [2.24, 2.45) is 0 Å². The molecule has 0 radical (unpaired) electrons. The monoisotopic (exact) mass is 418 g/mol. The summed E-state index contributed by atoms with van der Waals surface area (Å²) in [6, 6.07) is 15.8. The minimum Gasteiger partial charge on any atom is -0.480 e. The van der Waals surface area contributed by atoms with Crippen molar-refractivity contribution in [2.45, 2.75) is 5.92 Å². The van der Waals surface area contributed by atoms with Crippen molar-refractivity contribution in [1.29, 1.82) is 0 Å². The van der Waals surface area contributed by atoms with Crippen LogP contribution in [-0.2, 0) is 19.6 Å². The molecule has 2 aromatic rings. The first kappa shape index (κ1) is 20.8. The third kappa shape index (κ3) is 5.12. The summed E-state index contributed by atoms with van der Waals surface area (Å²) in [4.78, 5) is 24.5. The molecular formula is C20H22N2O6S. The third-order valence-electron chi connectivity index (χ3n) is 4.67. The molecule has 8 nitrogen and oxygen atoms in total. The molecule has 0 atom stereocenters. The zero-order valence-corrected chi connectivity index (χ0v) is 16.7. The van der Waals surface area contributed by atoms with Crippen LogP contribution in [0.2, 0.25) is 0 Å². The van der Waals surface area contributed by atoms with Crippen LogP contribution in [0.3, 0.4) is 0 Å². The van der Waals surface area contributed by atoms with Crippen LogP contribution in [0.25, 0.3) is 11.1 Å². The number of amides is 1. The lowest BCUT2D eigenvalue weighted by atomic mass is 9.98. The van der Waals surface area contributed by atoms with E-state index in [0.717, 1.165) is 33.4 Å². The average Bonchev–Trinajstić information content (AvgIpc) is 2.98. The number of aliphatic carboxylic acids is 1. The van der Waals surface area contributed by atoms with Gasteiger partial charge in [0, 0.05) is 19.0 Å². The number of carboxylic acid groups (broad SMARTS) is 1. The van der Waals surface area contributed by atoms with Crippen LogP contribution in [0.15, 0.2) is 48.5 Å². The van der Waals surface area contributed by atoms with E-state index < -0.39 is 28.6 Å². The Morgan fingerprint density at radius 1 is 1.07 bits per heavy atom. The highest BCUT2D eigenvalue weighted by atomic mass is 32.2. The Morgan fingerprint density at radius 2 is 1.62 bits per heavy atom. The molecule has 3 rings (SSSR count). The fraction of sp³-hybridized carbons (Fsp3) is 0.300. The predicted molar refractivity (Wildman–Crippen MR) is 107 cm³/mol. The van der Waals surface area contributed by atoms with Crippen molar-refractivity contribution in [3.63, 3.8) is 0 Å². The van der Waals surface area contributed by atoms with E-state index in [1.165, 1.54) is 0 Å². The highest BCUT2D eigenvalue weighted by molar-refractivity contribution is 7.88. The van der Waals surface area contributed by atoms with E-state index in [-0.39, 0.29) is 25.6 Å². The van der Waals surface area contributed by atoms with Crippen LogP contribution < -0.4 is 4.72 Å². The highest BCUT2D eigenvalue weighted by Crippen LogP contribution is 2.44. The minimum absolute atomic E-state index is 0.0580. The molecule has 0 fully saturated rings. The molecule has 9 heteroatoms. The van der Waals surface area contributed by atoms with Gasteiger partial charge in [0.25, 0.3) is 0 Å². The van der Waals surface area contributed by atoms with Crippen molar-refractivity contribution >= 4 is 22.1 Å². The van der Waals surface area contributed by atoms with E-state index in [2.05, 4.69) is 4.72 Å². The normalized spacial score (nSPS) is 12.9. The van der Waals surface area contributed by atoms with Crippen molar-refractivity contribution in [1.82, 2.24) is 9.62 Å². The number of carbonyl (C=O) groups excluding carboxylic acids is 1. The number of ether oxygens (including phenoxy) is 1. The van der Waals surface area contributed by atoms with Crippen molar-refractivity contribution in [3.8, 4) is 11.1 Å². The van der Waals surface area contributed by atoms with Gasteiger partial charge < -0.3 is 9.84 Å². The Labute approximate surface area is 169 Å². The maximum Gasteiger partial charge on any atom is 0.410 e. The molecule has 0 heterocycles. The SMILES string of the molecule is CS(=O)(=O)NCCN(CC(=O)O)C(=O)OCC1c2ccccc2-c2ccccc21. The number of nitrogens with zero attached hydrogens (tertiary/aromatic N) is 1. The van der Waals surface area contributed by atoms with E-state index in [0.29, 0.717) is 0 Å². The van der Waals surface area contributed by atoms with E-state index in [1.807, 2.05) is 48.5 Å². The van der Waals surface area contributed by atoms with E-state index in [4.69, 9.17) is 9.84 Å². The van der Waals surface area contributed by atoms with Gasteiger partial charge in [0.1, 0.15) is 13.2 Å². The molecule has 0 spiro atoms. The second kappa shape index (κ2) is 8.62. The fourth-order valence-corrected chi connectivity index (χ4v) is 3.91. The van der Waals surface area contributed by atoms with Gasteiger partial charge in [-0.05, 0) is 22.3 Å².